The smallest absolute Gasteiger partial charge is 0.0648 e. The van der Waals surface area contributed by atoms with E-state index in [9.17, 15) is 0 Å². The van der Waals surface area contributed by atoms with Crippen molar-refractivity contribution >= 4 is 0 Å². The van der Waals surface area contributed by atoms with Gasteiger partial charge in [0.15, 0.2) is 0 Å². The summed E-state index contributed by atoms with van der Waals surface area (Å²) in [6, 6.07) is 8.25. The first-order chi connectivity index (χ1) is 7.20. The second kappa shape index (κ2) is 3.87. The Labute approximate surface area is 89.5 Å². The Balaban J connectivity index is 2.45. The summed E-state index contributed by atoms with van der Waals surface area (Å²) < 4.78 is 1.88. The Kier molecular flexibility index (Phi) is 2.56. The topological polar surface area (TPSA) is 43.8 Å². The first-order valence-electron chi connectivity index (χ1n) is 5.03. The molecule has 2 rings (SSSR count). The van der Waals surface area contributed by atoms with Gasteiger partial charge in [-0.1, -0.05) is 12.1 Å². The lowest BCUT2D eigenvalue weighted by atomic mass is 10.2. The molecule has 0 aliphatic heterocycles. The highest BCUT2D eigenvalue weighted by atomic mass is 15.3. The number of hydrogen-bond acceptors (Lipinski definition) is 2. The maximum absolute atomic E-state index is 5.62. The fourth-order valence-corrected chi connectivity index (χ4v) is 1.60. The minimum Gasteiger partial charge on any atom is -0.326 e. The van der Waals surface area contributed by atoms with E-state index in [1.807, 2.05) is 29.9 Å². The van der Waals surface area contributed by atoms with E-state index < -0.39 is 0 Å². The van der Waals surface area contributed by atoms with Crippen LogP contribution in [0.4, 0.5) is 0 Å². The summed E-state index contributed by atoms with van der Waals surface area (Å²) in [4.78, 5) is 0. The van der Waals surface area contributed by atoms with Gasteiger partial charge in [-0.05, 0) is 31.5 Å². The van der Waals surface area contributed by atoms with Crippen molar-refractivity contribution in [1.82, 2.24) is 9.78 Å². The molecule has 0 bridgehead atoms. The first-order valence-corrected chi connectivity index (χ1v) is 5.03. The van der Waals surface area contributed by atoms with Crippen LogP contribution in [0.3, 0.4) is 0 Å². The molecule has 1 aromatic heterocycles. The van der Waals surface area contributed by atoms with Gasteiger partial charge in [0, 0.05) is 18.3 Å². The van der Waals surface area contributed by atoms with E-state index in [-0.39, 0.29) is 0 Å². The number of nitrogens with two attached hydrogens (primary N) is 1. The molecular formula is C12H15N3. The maximum Gasteiger partial charge on any atom is 0.0648 e. The molecule has 3 heteroatoms. The van der Waals surface area contributed by atoms with Crippen LogP contribution < -0.4 is 5.73 Å². The van der Waals surface area contributed by atoms with Gasteiger partial charge in [0.25, 0.3) is 0 Å². The van der Waals surface area contributed by atoms with Crippen LogP contribution in [0.1, 0.15) is 16.8 Å². The quantitative estimate of drug-likeness (QED) is 0.807. The molecule has 2 N–H and O–H groups in total. The zero-order chi connectivity index (χ0) is 10.8. The number of hydrogen-bond donors (Lipinski definition) is 1. The molecule has 78 valence electrons. The molecule has 0 spiro atoms. The van der Waals surface area contributed by atoms with Gasteiger partial charge in [-0.25, -0.2) is 4.68 Å². The molecule has 0 saturated carbocycles. The van der Waals surface area contributed by atoms with Crippen LogP contribution in [0.2, 0.25) is 0 Å². The Bertz CT molecular complexity index is 471. The molecule has 0 saturated heterocycles. The van der Waals surface area contributed by atoms with Crippen LogP contribution in [-0.4, -0.2) is 9.78 Å². The van der Waals surface area contributed by atoms with E-state index in [2.05, 4.69) is 24.2 Å². The monoisotopic (exact) mass is 201 g/mol. The molecular weight excluding hydrogens is 186 g/mol. The average Bonchev–Trinajstić information content (AvgIpc) is 2.60. The zero-order valence-electron chi connectivity index (χ0n) is 9.07. The molecule has 0 amide bonds. The second-order valence-electron chi connectivity index (χ2n) is 3.73. The van der Waals surface area contributed by atoms with Crippen molar-refractivity contribution in [2.75, 3.05) is 0 Å². The van der Waals surface area contributed by atoms with Gasteiger partial charge in [0.05, 0.1) is 11.4 Å². The van der Waals surface area contributed by atoms with Crippen molar-refractivity contribution in [1.29, 1.82) is 0 Å². The Morgan fingerprint density at radius 3 is 2.73 bits per heavy atom. The second-order valence-corrected chi connectivity index (χ2v) is 3.73. The average molecular weight is 201 g/mol. The fraction of sp³-hybridized carbons (Fsp3) is 0.250. The lowest BCUT2D eigenvalue weighted by Crippen LogP contribution is -1.96. The van der Waals surface area contributed by atoms with Gasteiger partial charge in [-0.15, -0.1) is 0 Å². The number of benzene rings is 1. The highest BCUT2D eigenvalue weighted by Crippen LogP contribution is 2.12. The van der Waals surface area contributed by atoms with E-state index in [1.165, 1.54) is 5.56 Å². The minimum atomic E-state index is 0.539. The Morgan fingerprint density at radius 2 is 2.13 bits per heavy atom. The third-order valence-corrected chi connectivity index (χ3v) is 2.49. The molecule has 1 aromatic carbocycles. The highest BCUT2D eigenvalue weighted by Gasteiger charge is 2.04. The molecule has 0 radical (unpaired) electrons. The number of aryl methyl sites for hydroxylation is 2. The Hall–Kier alpha value is -1.61. The largest absolute Gasteiger partial charge is 0.326 e. The van der Waals surface area contributed by atoms with Gasteiger partial charge in [-0.3, -0.25) is 0 Å². The first kappa shape index (κ1) is 9.93. The molecule has 2 aromatic rings. The standard InChI is InChI=1S/C12H15N3/c1-9-4-3-5-12(6-9)15-8-11(7-13)10(2)14-15/h3-6,8H,7,13H2,1-2H3. The normalized spacial score (nSPS) is 10.6. The van der Waals surface area contributed by atoms with Gasteiger partial charge in [0.1, 0.15) is 0 Å². The molecule has 1 heterocycles. The maximum atomic E-state index is 5.62. The van der Waals surface area contributed by atoms with E-state index in [1.54, 1.807) is 0 Å². The van der Waals surface area contributed by atoms with Crippen molar-refractivity contribution in [3.8, 4) is 5.69 Å². The van der Waals surface area contributed by atoms with Crippen molar-refractivity contribution in [2.45, 2.75) is 20.4 Å². The van der Waals surface area contributed by atoms with Crippen LogP contribution in [0, 0.1) is 13.8 Å². The summed E-state index contributed by atoms with van der Waals surface area (Å²) in [5, 5.41) is 4.43. The number of aromatic nitrogens is 2. The summed E-state index contributed by atoms with van der Waals surface area (Å²) in [6.07, 6.45) is 1.99. The van der Waals surface area contributed by atoms with Crippen LogP contribution in [0.15, 0.2) is 30.5 Å². The third kappa shape index (κ3) is 1.92. The van der Waals surface area contributed by atoms with Crippen molar-refractivity contribution in [3.05, 3.63) is 47.3 Å². The van der Waals surface area contributed by atoms with Crippen molar-refractivity contribution in [2.24, 2.45) is 5.73 Å². The predicted octanol–water partition coefficient (Wildman–Crippen LogP) is 1.95. The van der Waals surface area contributed by atoms with Crippen LogP contribution >= 0.6 is 0 Å². The third-order valence-electron chi connectivity index (χ3n) is 2.49. The van der Waals surface area contributed by atoms with Crippen molar-refractivity contribution < 1.29 is 0 Å². The molecule has 3 nitrogen and oxygen atoms in total. The van der Waals surface area contributed by atoms with Crippen LogP contribution in [-0.2, 0) is 6.54 Å². The summed E-state index contributed by atoms with van der Waals surface area (Å²) in [5.41, 5.74) is 10.0. The van der Waals surface area contributed by atoms with E-state index in [4.69, 9.17) is 5.73 Å². The molecule has 0 fully saturated rings. The summed E-state index contributed by atoms with van der Waals surface area (Å²) in [5.74, 6) is 0. The lowest BCUT2D eigenvalue weighted by molar-refractivity contribution is 0.861. The van der Waals surface area contributed by atoms with Gasteiger partial charge in [0.2, 0.25) is 0 Å². The lowest BCUT2D eigenvalue weighted by Gasteiger charge is -2.01. The van der Waals surface area contributed by atoms with E-state index in [0.717, 1.165) is 16.9 Å². The number of nitrogens with zero attached hydrogens (tertiary/aromatic N) is 2. The highest BCUT2D eigenvalue weighted by molar-refractivity contribution is 5.35. The SMILES string of the molecule is Cc1cccc(-n2cc(CN)c(C)n2)c1. The molecule has 0 unspecified atom stereocenters. The van der Waals surface area contributed by atoms with Crippen molar-refractivity contribution in [3.63, 3.8) is 0 Å². The van der Waals surface area contributed by atoms with Gasteiger partial charge in [-0.2, -0.15) is 5.10 Å². The number of rotatable bonds is 2. The van der Waals surface area contributed by atoms with E-state index >= 15 is 0 Å². The van der Waals surface area contributed by atoms with Gasteiger partial charge >= 0.3 is 0 Å². The summed E-state index contributed by atoms with van der Waals surface area (Å²) in [7, 11) is 0. The summed E-state index contributed by atoms with van der Waals surface area (Å²) in [6.45, 7) is 4.59. The molecule has 15 heavy (non-hydrogen) atoms. The summed E-state index contributed by atoms with van der Waals surface area (Å²) >= 11 is 0. The predicted molar refractivity (Wildman–Crippen MR) is 60.9 cm³/mol. The van der Waals surface area contributed by atoms with Crippen LogP contribution in [0.25, 0.3) is 5.69 Å². The minimum absolute atomic E-state index is 0.539. The zero-order valence-corrected chi connectivity index (χ0v) is 9.07. The van der Waals surface area contributed by atoms with E-state index in [0.29, 0.717) is 6.54 Å². The molecule has 0 aliphatic rings. The fourth-order valence-electron chi connectivity index (χ4n) is 1.60. The van der Waals surface area contributed by atoms with Gasteiger partial charge < -0.3 is 5.73 Å². The molecule has 0 atom stereocenters. The molecule has 0 aliphatic carbocycles. The van der Waals surface area contributed by atoms with Crippen LogP contribution in [0.5, 0.6) is 0 Å². The Morgan fingerprint density at radius 1 is 1.33 bits per heavy atom.